The zero-order valence-corrected chi connectivity index (χ0v) is 22.2. The number of benzene rings is 3. The summed E-state index contributed by atoms with van der Waals surface area (Å²) in [4.78, 5) is 13.0. The van der Waals surface area contributed by atoms with Crippen LogP contribution in [0.2, 0.25) is 0 Å². The van der Waals surface area contributed by atoms with Crippen molar-refractivity contribution in [1.29, 1.82) is 0 Å². The Hall–Kier alpha value is -4.85. The first kappa shape index (κ1) is 25.8. The van der Waals surface area contributed by atoms with Gasteiger partial charge in [0.05, 0.1) is 25.1 Å². The summed E-state index contributed by atoms with van der Waals surface area (Å²) in [5, 5.41) is 11.8. The second-order valence-corrected chi connectivity index (χ2v) is 9.10. The molecule has 5 aromatic rings. The van der Waals surface area contributed by atoms with Crippen molar-refractivity contribution in [3.05, 3.63) is 102 Å². The van der Waals surface area contributed by atoms with Gasteiger partial charge in [-0.15, -0.1) is 0 Å². The van der Waals surface area contributed by atoms with Crippen LogP contribution in [0.25, 0.3) is 28.3 Å². The third-order valence-corrected chi connectivity index (χ3v) is 6.28. The molecular formula is C31H30N4O4. The predicted octanol–water partition coefficient (Wildman–Crippen LogP) is 6.23. The minimum atomic E-state index is -0.337. The van der Waals surface area contributed by atoms with E-state index in [2.05, 4.69) is 23.5 Å². The van der Waals surface area contributed by atoms with Crippen LogP contribution in [0.1, 0.15) is 35.0 Å². The third-order valence-electron chi connectivity index (χ3n) is 6.28. The van der Waals surface area contributed by atoms with E-state index in [0.29, 0.717) is 12.4 Å². The van der Waals surface area contributed by atoms with Crippen LogP contribution in [0.5, 0.6) is 11.5 Å². The Bertz CT molecular complexity index is 1560. The highest BCUT2D eigenvalue weighted by Gasteiger charge is 2.18. The molecule has 0 fully saturated rings. The summed E-state index contributed by atoms with van der Waals surface area (Å²) >= 11 is 0. The molecule has 3 aromatic carbocycles. The molecule has 198 valence electrons. The van der Waals surface area contributed by atoms with Gasteiger partial charge in [0.15, 0.2) is 11.5 Å². The molecule has 0 bridgehead atoms. The van der Waals surface area contributed by atoms with Crippen LogP contribution in [0, 0.1) is 6.92 Å². The molecular weight excluding hydrogens is 492 g/mol. The van der Waals surface area contributed by atoms with Gasteiger partial charge in [-0.1, -0.05) is 30.3 Å². The predicted molar refractivity (Wildman–Crippen MR) is 149 cm³/mol. The maximum absolute atomic E-state index is 13.0. The minimum absolute atomic E-state index is 0.200. The lowest BCUT2D eigenvalue weighted by molar-refractivity contribution is 0.0942. The van der Waals surface area contributed by atoms with Gasteiger partial charge in [0.25, 0.3) is 5.91 Å². The standard InChI is InChI=1S/C31H30N4O4/c1-4-16-38-28-15-12-23(17-21(28)2)30-24(20-35(33-30)25-8-6-5-7-9-25)19-32-31(36)27-18-29(39-34-27)22-10-13-26(37-3)14-11-22/h5-15,17-18,20H,4,16,19H2,1-3H3,(H,32,36). The Morgan fingerprint density at radius 1 is 1.00 bits per heavy atom. The summed E-state index contributed by atoms with van der Waals surface area (Å²) in [6.07, 6.45) is 2.88. The summed E-state index contributed by atoms with van der Waals surface area (Å²) in [7, 11) is 1.61. The maximum Gasteiger partial charge on any atom is 0.273 e. The molecule has 0 spiro atoms. The molecule has 1 N–H and O–H groups in total. The van der Waals surface area contributed by atoms with Crippen molar-refractivity contribution in [2.24, 2.45) is 0 Å². The van der Waals surface area contributed by atoms with Crippen molar-refractivity contribution in [3.8, 4) is 39.8 Å². The van der Waals surface area contributed by atoms with Crippen molar-refractivity contribution in [3.63, 3.8) is 0 Å². The fourth-order valence-corrected chi connectivity index (χ4v) is 4.21. The first-order valence-corrected chi connectivity index (χ1v) is 12.8. The molecule has 0 unspecified atom stereocenters. The monoisotopic (exact) mass is 522 g/mol. The summed E-state index contributed by atoms with van der Waals surface area (Å²) in [6.45, 7) is 5.04. The average molecular weight is 523 g/mol. The number of ether oxygens (including phenoxy) is 2. The zero-order valence-electron chi connectivity index (χ0n) is 22.2. The molecule has 1 amide bonds. The topological polar surface area (TPSA) is 91.4 Å². The molecule has 8 heteroatoms. The Balaban J connectivity index is 1.38. The van der Waals surface area contributed by atoms with E-state index in [1.54, 1.807) is 13.2 Å². The van der Waals surface area contributed by atoms with Crippen LogP contribution in [-0.2, 0) is 6.54 Å². The molecule has 0 aliphatic rings. The molecule has 2 aromatic heterocycles. The molecule has 0 atom stereocenters. The zero-order chi connectivity index (χ0) is 27.2. The van der Waals surface area contributed by atoms with Crippen molar-refractivity contribution in [2.45, 2.75) is 26.8 Å². The number of nitrogens with zero attached hydrogens (tertiary/aromatic N) is 3. The molecule has 39 heavy (non-hydrogen) atoms. The van der Waals surface area contributed by atoms with E-state index in [-0.39, 0.29) is 18.1 Å². The van der Waals surface area contributed by atoms with Crippen LogP contribution >= 0.6 is 0 Å². The van der Waals surface area contributed by atoms with Crippen LogP contribution in [-0.4, -0.2) is 34.6 Å². The normalized spacial score (nSPS) is 10.8. The maximum atomic E-state index is 13.0. The molecule has 0 saturated carbocycles. The van der Waals surface area contributed by atoms with Crippen LogP contribution < -0.4 is 14.8 Å². The smallest absolute Gasteiger partial charge is 0.273 e. The van der Waals surface area contributed by atoms with Crippen LogP contribution in [0.3, 0.4) is 0 Å². The van der Waals surface area contributed by atoms with Gasteiger partial charge in [-0.3, -0.25) is 4.79 Å². The number of para-hydroxylation sites is 1. The number of rotatable bonds is 10. The van der Waals surface area contributed by atoms with Crippen molar-refractivity contribution >= 4 is 5.91 Å². The van der Waals surface area contributed by atoms with E-state index in [1.165, 1.54) is 0 Å². The number of aryl methyl sites for hydroxylation is 1. The Kier molecular flexibility index (Phi) is 7.73. The minimum Gasteiger partial charge on any atom is -0.497 e. The number of carbonyl (C=O) groups is 1. The van der Waals surface area contributed by atoms with Crippen molar-refractivity contribution in [1.82, 2.24) is 20.3 Å². The molecule has 8 nitrogen and oxygen atoms in total. The number of hydrogen-bond donors (Lipinski definition) is 1. The first-order chi connectivity index (χ1) is 19.1. The number of methoxy groups -OCH3 is 1. The Morgan fingerprint density at radius 3 is 2.49 bits per heavy atom. The third kappa shape index (κ3) is 5.85. The van der Waals surface area contributed by atoms with Crippen molar-refractivity contribution in [2.75, 3.05) is 13.7 Å². The molecule has 5 rings (SSSR count). The van der Waals surface area contributed by atoms with E-state index in [9.17, 15) is 4.79 Å². The average Bonchev–Trinajstić information content (AvgIpc) is 3.64. The molecule has 0 aliphatic carbocycles. The van der Waals surface area contributed by atoms with E-state index in [4.69, 9.17) is 19.1 Å². The van der Waals surface area contributed by atoms with Gasteiger partial charge >= 0.3 is 0 Å². The molecule has 0 saturated heterocycles. The van der Waals surface area contributed by atoms with Crippen molar-refractivity contribution < 1.29 is 18.8 Å². The summed E-state index contributed by atoms with van der Waals surface area (Å²) < 4.78 is 18.3. The van der Waals surface area contributed by atoms with Gasteiger partial charge in [0.1, 0.15) is 11.5 Å². The number of aromatic nitrogens is 3. The molecule has 0 radical (unpaired) electrons. The van der Waals surface area contributed by atoms with E-state index in [0.717, 1.165) is 51.6 Å². The Morgan fingerprint density at radius 2 is 1.77 bits per heavy atom. The second kappa shape index (κ2) is 11.7. The van der Waals surface area contributed by atoms with Crippen LogP contribution in [0.4, 0.5) is 0 Å². The largest absolute Gasteiger partial charge is 0.497 e. The quantitative estimate of drug-likeness (QED) is 0.234. The Labute approximate surface area is 227 Å². The van der Waals surface area contributed by atoms with Gasteiger partial charge in [0, 0.05) is 35.5 Å². The highest BCUT2D eigenvalue weighted by atomic mass is 16.5. The lowest BCUT2D eigenvalue weighted by Gasteiger charge is -2.10. The number of hydrogen-bond acceptors (Lipinski definition) is 6. The lowest BCUT2D eigenvalue weighted by Crippen LogP contribution is -2.23. The highest BCUT2D eigenvalue weighted by Crippen LogP contribution is 2.29. The van der Waals surface area contributed by atoms with Gasteiger partial charge in [-0.25, -0.2) is 4.68 Å². The summed E-state index contributed by atoms with van der Waals surface area (Å²) in [5.41, 5.74) is 5.55. The molecule has 2 heterocycles. The van der Waals surface area contributed by atoms with E-state index in [1.807, 2.05) is 84.5 Å². The fourth-order valence-electron chi connectivity index (χ4n) is 4.21. The second-order valence-electron chi connectivity index (χ2n) is 9.10. The SMILES string of the molecule is CCCOc1ccc(-c2nn(-c3ccccc3)cc2CNC(=O)c2cc(-c3ccc(OC)cc3)on2)cc1C. The van der Waals surface area contributed by atoms with Gasteiger partial charge in [-0.2, -0.15) is 5.10 Å². The van der Waals surface area contributed by atoms with Gasteiger partial charge in [0.2, 0.25) is 0 Å². The van der Waals surface area contributed by atoms with E-state index >= 15 is 0 Å². The molecule has 0 aliphatic heterocycles. The van der Waals surface area contributed by atoms with Crippen LogP contribution in [0.15, 0.2) is 89.6 Å². The lowest BCUT2D eigenvalue weighted by atomic mass is 10.0. The fraction of sp³-hybridized carbons (Fsp3) is 0.194. The van der Waals surface area contributed by atoms with Gasteiger partial charge in [-0.05, 0) is 73.5 Å². The summed E-state index contributed by atoms with van der Waals surface area (Å²) in [6, 6.07) is 24.9. The number of nitrogens with one attached hydrogen (secondary N) is 1. The first-order valence-electron chi connectivity index (χ1n) is 12.8. The highest BCUT2D eigenvalue weighted by molar-refractivity contribution is 5.93. The summed E-state index contributed by atoms with van der Waals surface area (Å²) in [5.74, 6) is 1.76. The number of carbonyl (C=O) groups excluding carboxylic acids is 1. The van der Waals surface area contributed by atoms with E-state index < -0.39 is 0 Å². The number of amides is 1. The van der Waals surface area contributed by atoms with Gasteiger partial charge < -0.3 is 19.3 Å².